The zero-order valence-corrected chi connectivity index (χ0v) is 19.7. The molecule has 2 rings (SSSR count). The molecule has 6 nitrogen and oxygen atoms in total. The van der Waals surface area contributed by atoms with E-state index in [1.54, 1.807) is 11.8 Å². The summed E-state index contributed by atoms with van der Waals surface area (Å²) in [7, 11) is 0. The fraction of sp³-hybridized carbons (Fsp3) is 0.632. The van der Waals surface area contributed by atoms with Gasteiger partial charge in [-0.2, -0.15) is 0 Å². The quantitative estimate of drug-likeness (QED) is 0.217. The van der Waals surface area contributed by atoms with Gasteiger partial charge in [0.2, 0.25) is 0 Å². The van der Waals surface area contributed by atoms with Crippen LogP contribution in [0.2, 0.25) is 0 Å². The second-order valence-corrected chi connectivity index (χ2v) is 7.66. The number of guanidine groups is 1. The maximum absolute atomic E-state index is 10.7. The van der Waals surface area contributed by atoms with Crippen LogP contribution in [0, 0.1) is 0 Å². The van der Waals surface area contributed by atoms with Crippen LogP contribution in [0.5, 0.6) is 0 Å². The van der Waals surface area contributed by atoms with Gasteiger partial charge < -0.3 is 20.5 Å². The second-order valence-electron chi connectivity index (χ2n) is 6.78. The molecule has 1 aliphatic heterocycles. The molecule has 0 radical (unpaired) electrons. The van der Waals surface area contributed by atoms with Crippen LogP contribution in [0.3, 0.4) is 0 Å². The molecule has 154 valence electrons. The molecule has 0 saturated carbocycles. The molecule has 3 N–H and O–H groups in total. The fourth-order valence-corrected chi connectivity index (χ4v) is 3.22. The number of rotatable bonds is 8. The maximum Gasteiger partial charge on any atom is 0.191 e. The minimum absolute atomic E-state index is 0. The lowest BCUT2D eigenvalue weighted by Crippen LogP contribution is -2.52. The number of benzene rings is 1. The predicted molar refractivity (Wildman–Crippen MR) is 124 cm³/mol. The maximum atomic E-state index is 10.7. The molecular formula is C19H33IN4O2S. The van der Waals surface area contributed by atoms with Gasteiger partial charge >= 0.3 is 0 Å². The topological polar surface area (TPSA) is 69.1 Å². The Morgan fingerprint density at radius 1 is 1.26 bits per heavy atom. The predicted octanol–water partition coefficient (Wildman–Crippen LogP) is 2.16. The lowest BCUT2D eigenvalue weighted by atomic mass is 10.1. The number of aliphatic hydroxyl groups is 1. The highest BCUT2D eigenvalue weighted by molar-refractivity contribution is 14.0. The van der Waals surface area contributed by atoms with E-state index in [9.17, 15) is 5.11 Å². The van der Waals surface area contributed by atoms with Crippen LogP contribution >= 0.6 is 35.7 Å². The van der Waals surface area contributed by atoms with Crippen molar-refractivity contribution in [2.45, 2.75) is 30.9 Å². The van der Waals surface area contributed by atoms with Gasteiger partial charge in [0, 0.05) is 37.6 Å². The number of hydrogen-bond acceptors (Lipinski definition) is 5. The number of halogens is 1. The van der Waals surface area contributed by atoms with E-state index in [1.807, 2.05) is 13.8 Å². The second kappa shape index (κ2) is 12.8. The van der Waals surface area contributed by atoms with Crippen LogP contribution in [-0.2, 0) is 11.3 Å². The number of nitrogens with zero attached hydrogens (tertiary/aromatic N) is 2. The molecule has 1 aromatic rings. The van der Waals surface area contributed by atoms with E-state index < -0.39 is 5.60 Å². The van der Waals surface area contributed by atoms with Crippen LogP contribution < -0.4 is 10.6 Å². The van der Waals surface area contributed by atoms with Crippen LogP contribution in [0.4, 0.5) is 0 Å². The molecule has 0 aromatic heterocycles. The van der Waals surface area contributed by atoms with Crippen molar-refractivity contribution in [3.05, 3.63) is 29.8 Å². The van der Waals surface area contributed by atoms with Crippen LogP contribution in [0.25, 0.3) is 0 Å². The lowest BCUT2D eigenvalue weighted by molar-refractivity contribution is -0.0201. The fourth-order valence-electron chi connectivity index (χ4n) is 2.81. The van der Waals surface area contributed by atoms with Crippen molar-refractivity contribution in [3.63, 3.8) is 0 Å². The Morgan fingerprint density at radius 2 is 1.93 bits per heavy atom. The van der Waals surface area contributed by atoms with Gasteiger partial charge in [0.05, 0.1) is 25.4 Å². The van der Waals surface area contributed by atoms with Crippen molar-refractivity contribution in [1.29, 1.82) is 0 Å². The summed E-state index contributed by atoms with van der Waals surface area (Å²) in [4.78, 5) is 8.12. The Kier molecular flexibility index (Phi) is 11.6. The van der Waals surface area contributed by atoms with Crippen molar-refractivity contribution >= 4 is 41.7 Å². The van der Waals surface area contributed by atoms with Gasteiger partial charge in [-0.1, -0.05) is 12.1 Å². The summed E-state index contributed by atoms with van der Waals surface area (Å²) in [5, 5.41) is 17.2. The van der Waals surface area contributed by atoms with E-state index in [1.165, 1.54) is 10.5 Å². The number of β-amino-alcohol motifs (C(OH)–C–C–N with tert-alkyl or cyclic N) is 1. The summed E-state index contributed by atoms with van der Waals surface area (Å²) in [6, 6.07) is 8.44. The third-order valence-corrected chi connectivity index (χ3v) is 4.97. The zero-order valence-electron chi connectivity index (χ0n) is 16.5. The van der Waals surface area contributed by atoms with Crippen molar-refractivity contribution in [1.82, 2.24) is 15.5 Å². The van der Waals surface area contributed by atoms with E-state index in [4.69, 9.17) is 4.74 Å². The smallest absolute Gasteiger partial charge is 0.191 e. The van der Waals surface area contributed by atoms with Gasteiger partial charge in [-0.25, -0.2) is 4.99 Å². The minimum Gasteiger partial charge on any atom is -0.387 e. The molecule has 1 aromatic carbocycles. The summed E-state index contributed by atoms with van der Waals surface area (Å²) in [5.74, 6) is 0.726. The van der Waals surface area contributed by atoms with Gasteiger partial charge in [0.1, 0.15) is 0 Å². The number of thioether (sulfide) groups is 1. The molecule has 0 aliphatic carbocycles. The highest BCUT2D eigenvalue weighted by atomic mass is 127. The summed E-state index contributed by atoms with van der Waals surface area (Å²) >= 11 is 1.73. The van der Waals surface area contributed by atoms with Gasteiger partial charge in [-0.05, 0) is 37.8 Å². The molecule has 0 amide bonds. The molecule has 0 bridgehead atoms. The Labute approximate surface area is 184 Å². The molecule has 1 heterocycles. The first-order valence-corrected chi connectivity index (χ1v) is 10.4. The molecule has 1 atom stereocenters. The van der Waals surface area contributed by atoms with Gasteiger partial charge in [0.15, 0.2) is 5.96 Å². The normalized spacial score (nSPS) is 17.7. The Bertz CT molecular complexity index is 563. The molecule has 1 unspecified atom stereocenters. The van der Waals surface area contributed by atoms with Crippen LogP contribution in [0.1, 0.15) is 19.4 Å². The number of ether oxygens (including phenoxy) is 1. The van der Waals surface area contributed by atoms with Crippen molar-refractivity contribution in [2.24, 2.45) is 4.99 Å². The largest absolute Gasteiger partial charge is 0.387 e. The van der Waals surface area contributed by atoms with E-state index in [-0.39, 0.29) is 24.0 Å². The molecule has 1 saturated heterocycles. The Morgan fingerprint density at radius 3 is 2.52 bits per heavy atom. The van der Waals surface area contributed by atoms with Gasteiger partial charge in [-0.3, -0.25) is 4.90 Å². The standard InChI is InChI=1S/C19H32N4O2S.HI/c1-4-20-18(21-13-16-5-7-17(26-3)8-6-16)22-14-19(2,24)15-23-9-11-25-12-10-23;/h5-8,24H,4,9-15H2,1-3H3,(H2,20,21,22);1H. The van der Waals surface area contributed by atoms with E-state index in [0.717, 1.165) is 38.8 Å². The SMILES string of the molecule is CCNC(=NCc1ccc(SC)cc1)NCC(C)(O)CN1CCOCC1.I. The first kappa shape index (κ1) is 24.5. The van der Waals surface area contributed by atoms with E-state index in [2.05, 4.69) is 51.0 Å². The average molecular weight is 508 g/mol. The molecule has 1 fully saturated rings. The molecule has 27 heavy (non-hydrogen) atoms. The summed E-state index contributed by atoms with van der Waals surface area (Å²) in [6.07, 6.45) is 2.07. The average Bonchev–Trinajstić information content (AvgIpc) is 2.65. The van der Waals surface area contributed by atoms with Crippen LogP contribution in [0.15, 0.2) is 34.2 Å². The molecule has 0 spiro atoms. The van der Waals surface area contributed by atoms with Crippen molar-refractivity contribution in [3.8, 4) is 0 Å². The monoisotopic (exact) mass is 508 g/mol. The van der Waals surface area contributed by atoms with Crippen molar-refractivity contribution in [2.75, 3.05) is 52.2 Å². The number of hydrogen-bond donors (Lipinski definition) is 3. The first-order valence-electron chi connectivity index (χ1n) is 9.20. The third-order valence-electron chi connectivity index (χ3n) is 4.23. The number of aliphatic imine (C=N–C) groups is 1. The third kappa shape index (κ3) is 9.47. The number of nitrogens with one attached hydrogen (secondary N) is 2. The molecular weight excluding hydrogens is 475 g/mol. The molecule has 1 aliphatic rings. The highest BCUT2D eigenvalue weighted by Crippen LogP contribution is 2.15. The zero-order chi connectivity index (χ0) is 18.8. The van der Waals surface area contributed by atoms with E-state index >= 15 is 0 Å². The Balaban J connectivity index is 0.00000364. The lowest BCUT2D eigenvalue weighted by Gasteiger charge is -2.34. The van der Waals surface area contributed by atoms with Gasteiger partial charge in [-0.15, -0.1) is 35.7 Å². The first-order chi connectivity index (χ1) is 12.5. The Hall–Kier alpha value is -0.550. The van der Waals surface area contributed by atoms with Crippen molar-refractivity contribution < 1.29 is 9.84 Å². The van der Waals surface area contributed by atoms with Gasteiger partial charge in [0.25, 0.3) is 0 Å². The number of morpholine rings is 1. The minimum atomic E-state index is -0.826. The summed E-state index contributed by atoms with van der Waals surface area (Å²) in [5.41, 5.74) is 0.341. The summed E-state index contributed by atoms with van der Waals surface area (Å²) in [6.45, 7) is 9.58. The van der Waals surface area contributed by atoms with Crippen LogP contribution in [-0.4, -0.2) is 73.8 Å². The van der Waals surface area contributed by atoms with E-state index in [0.29, 0.717) is 19.6 Å². The summed E-state index contributed by atoms with van der Waals surface area (Å²) < 4.78 is 5.36. The molecule has 8 heteroatoms. The highest BCUT2D eigenvalue weighted by Gasteiger charge is 2.25.